The molecule has 0 rings (SSSR count). The monoisotopic (exact) mass is 108 g/mol. The van der Waals surface area contributed by atoms with Crippen molar-refractivity contribution in [1.29, 1.82) is 0 Å². The largest absolute Gasteiger partial charge is 0.249 e. The molecule has 0 saturated heterocycles. The van der Waals surface area contributed by atoms with Crippen LogP contribution in [0.2, 0.25) is 0 Å². The summed E-state index contributed by atoms with van der Waals surface area (Å²) in [5, 5.41) is 3.54. The zero-order chi connectivity index (χ0) is 4.99. The van der Waals surface area contributed by atoms with Gasteiger partial charge in [0, 0.05) is 7.05 Å². The van der Waals surface area contributed by atoms with Crippen LogP contribution in [0.4, 0.5) is 0 Å². The van der Waals surface area contributed by atoms with Crippen molar-refractivity contribution < 1.29 is 0 Å². The Bertz CT molecular complexity index is 48.8. The second-order valence-electron chi connectivity index (χ2n) is 0.859. The minimum atomic E-state index is 0.156. The summed E-state index contributed by atoms with van der Waals surface area (Å²) in [5.41, 5.74) is 0. The maximum Gasteiger partial charge on any atom is 0.113 e. The van der Waals surface area contributed by atoms with Gasteiger partial charge in [-0.15, -0.1) is 16.5 Å². The molecule has 0 saturated carbocycles. The zero-order valence-corrected chi connectivity index (χ0v) is 4.14. The molecule has 0 aliphatic heterocycles. The van der Waals surface area contributed by atoms with Gasteiger partial charge in [0.2, 0.25) is 0 Å². The Labute approximate surface area is 40.8 Å². The van der Waals surface area contributed by atoms with Gasteiger partial charge in [-0.1, -0.05) is 0 Å². The highest BCUT2D eigenvalue weighted by Crippen LogP contribution is 1.81. The summed E-state index contributed by atoms with van der Waals surface area (Å²) < 4.78 is 0. The molecule has 6 heavy (non-hydrogen) atoms. The van der Waals surface area contributed by atoms with Crippen molar-refractivity contribution in [2.75, 3.05) is 13.1 Å². The fourth-order valence-corrected chi connectivity index (χ4v) is 0.0655. The molecular weight excluding hydrogens is 103 g/mol. The van der Waals surface area contributed by atoms with Crippen LogP contribution < -0.4 is 0 Å². The summed E-state index contributed by atoms with van der Waals surface area (Å²) in [7, 11) is 1.50. The predicted molar refractivity (Wildman–Crippen MR) is 24.3 cm³/mol. The second kappa shape index (κ2) is 2.90. The molecule has 0 fully saturated rings. The highest BCUT2D eigenvalue weighted by atomic mass is 35.5. The van der Waals surface area contributed by atoms with E-state index in [2.05, 4.69) is 5.29 Å². The van der Waals surface area contributed by atoms with Crippen molar-refractivity contribution in [3.63, 3.8) is 0 Å². The summed E-state index contributed by atoms with van der Waals surface area (Å²) in [4.78, 5) is 9.33. The number of halogens is 1. The average molecular weight is 109 g/mol. The Hall–Kier alpha value is -0.310. The minimum absolute atomic E-state index is 0.156. The molecule has 3 nitrogen and oxygen atoms in total. The maximum absolute atomic E-state index is 9.33. The van der Waals surface area contributed by atoms with Gasteiger partial charge >= 0.3 is 0 Å². The smallest absolute Gasteiger partial charge is 0.113 e. The molecule has 0 N–H and O–H groups in total. The molecule has 0 aliphatic carbocycles. The van der Waals surface area contributed by atoms with Crippen LogP contribution in [0, 0.1) is 4.91 Å². The Morgan fingerprint density at radius 2 is 2.50 bits per heavy atom. The Morgan fingerprint density at radius 3 is 2.50 bits per heavy atom. The summed E-state index contributed by atoms with van der Waals surface area (Å²) in [5.74, 6) is 0. The van der Waals surface area contributed by atoms with E-state index >= 15 is 0 Å². The van der Waals surface area contributed by atoms with Gasteiger partial charge in [-0.25, -0.2) is 5.01 Å². The average Bonchev–Trinajstić information content (AvgIpc) is 1.65. The van der Waals surface area contributed by atoms with Crippen LogP contribution in [-0.2, 0) is 0 Å². The van der Waals surface area contributed by atoms with Crippen molar-refractivity contribution in [2.24, 2.45) is 5.29 Å². The predicted octanol–water partition coefficient (Wildman–Crippen LogP) is 0.796. The first-order chi connectivity index (χ1) is 2.81. The molecule has 4 heteroatoms. The quantitative estimate of drug-likeness (QED) is 0.227. The molecule has 0 heterocycles. The van der Waals surface area contributed by atoms with E-state index in [0.29, 0.717) is 0 Å². The van der Waals surface area contributed by atoms with E-state index in [4.69, 9.17) is 11.6 Å². The van der Waals surface area contributed by atoms with Crippen LogP contribution in [0.1, 0.15) is 0 Å². The molecule has 0 radical (unpaired) electrons. The molecule has 0 atom stereocenters. The summed E-state index contributed by atoms with van der Waals surface area (Å²) in [6, 6.07) is 0.156. The zero-order valence-electron chi connectivity index (χ0n) is 3.39. The molecule has 0 spiro atoms. The third kappa shape index (κ3) is 1.96. The van der Waals surface area contributed by atoms with Gasteiger partial charge in [0.25, 0.3) is 0 Å². The lowest BCUT2D eigenvalue weighted by atomic mass is 11.2. The highest BCUT2D eigenvalue weighted by Gasteiger charge is 1.82. The number of alkyl halides is 1. The molecule has 0 unspecified atom stereocenters. The van der Waals surface area contributed by atoms with Gasteiger partial charge in [-0.05, 0) is 0 Å². The van der Waals surface area contributed by atoms with Crippen LogP contribution in [0.5, 0.6) is 0 Å². The standard InChI is InChI=1S/C2H5ClN2O/c1-5(2-3)4-6/h2H2,1H3. The van der Waals surface area contributed by atoms with Gasteiger partial charge in [0.05, 0.1) is 5.29 Å². The van der Waals surface area contributed by atoms with Crippen LogP contribution in [0.15, 0.2) is 5.29 Å². The van der Waals surface area contributed by atoms with E-state index in [1.165, 1.54) is 7.05 Å². The lowest BCUT2D eigenvalue weighted by Gasteiger charge is -1.97. The molecule has 0 aliphatic rings. The highest BCUT2D eigenvalue weighted by molar-refractivity contribution is 6.17. The SMILES string of the molecule is CN(CCl)N=O. The van der Waals surface area contributed by atoms with Gasteiger partial charge in [0.15, 0.2) is 0 Å². The van der Waals surface area contributed by atoms with Crippen molar-refractivity contribution in [2.45, 2.75) is 0 Å². The molecule has 0 aromatic heterocycles. The fourth-order valence-electron chi connectivity index (χ4n) is 0.0218. The lowest BCUT2D eigenvalue weighted by molar-refractivity contribution is 0.410. The molecular formula is C2H5ClN2O. The van der Waals surface area contributed by atoms with Crippen molar-refractivity contribution >= 4 is 11.6 Å². The number of hydrogen-bond donors (Lipinski definition) is 0. The van der Waals surface area contributed by atoms with Gasteiger partial charge in [-0.2, -0.15) is 0 Å². The summed E-state index contributed by atoms with van der Waals surface area (Å²) in [6.07, 6.45) is 0. The van der Waals surface area contributed by atoms with Crippen LogP contribution in [0.25, 0.3) is 0 Å². The first kappa shape index (κ1) is 5.69. The Morgan fingerprint density at radius 1 is 2.00 bits per heavy atom. The number of nitroso groups, excluding NO2 is 1. The molecule has 0 amide bonds. The first-order valence-electron chi connectivity index (χ1n) is 1.41. The van der Waals surface area contributed by atoms with E-state index in [1.54, 1.807) is 0 Å². The van der Waals surface area contributed by atoms with E-state index in [1.807, 2.05) is 0 Å². The number of rotatable bonds is 2. The lowest BCUT2D eigenvalue weighted by Crippen LogP contribution is -2.04. The van der Waals surface area contributed by atoms with E-state index in [9.17, 15) is 4.91 Å². The molecule has 0 bridgehead atoms. The normalized spacial score (nSPS) is 7.67. The van der Waals surface area contributed by atoms with E-state index in [-0.39, 0.29) is 6.00 Å². The van der Waals surface area contributed by atoms with E-state index in [0.717, 1.165) is 5.01 Å². The third-order valence-electron chi connectivity index (χ3n) is 0.312. The maximum atomic E-state index is 9.33. The minimum Gasteiger partial charge on any atom is -0.249 e. The molecule has 0 aromatic rings. The van der Waals surface area contributed by atoms with Crippen LogP contribution in [0.3, 0.4) is 0 Å². The van der Waals surface area contributed by atoms with Gasteiger partial charge in [-0.3, -0.25) is 0 Å². The van der Waals surface area contributed by atoms with Crippen molar-refractivity contribution in [3.8, 4) is 0 Å². The third-order valence-corrected chi connectivity index (χ3v) is 0.658. The van der Waals surface area contributed by atoms with Crippen molar-refractivity contribution in [3.05, 3.63) is 4.91 Å². The molecule has 36 valence electrons. The summed E-state index contributed by atoms with van der Waals surface area (Å²) in [6.45, 7) is 0. The Kier molecular flexibility index (Phi) is 2.75. The summed E-state index contributed by atoms with van der Waals surface area (Å²) >= 11 is 5.08. The number of nitrogens with zero attached hydrogens (tertiary/aromatic N) is 2. The van der Waals surface area contributed by atoms with Gasteiger partial charge in [0.1, 0.15) is 6.00 Å². The Balaban J connectivity index is 2.96. The van der Waals surface area contributed by atoms with Crippen molar-refractivity contribution in [1.82, 2.24) is 5.01 Å². The number of hydrogen-bond acceptors (Lipinski definition) is 2. The second-order valence-corrected chi connectivity index (χ2v) is 1.10. The fraction of sp³-hybridized carbons (Fsp3) is 1.00. The van der Waals surface area contributed by atoms with Crippen LogP contribution >= 0.6 is 11.6 Å². The first-order valence-corrected chi connectivity index (χ1v) is 1.95. The topological polar surface area (TPSA) is 32.7 Å². The molecule has 0 aromatic carbocycles. The van der Waals surface area contributed by atoms with Crippen LogP contribution in [-0.4, -0.2) is 18.1 Å². The van der Waals surface area contributed by atoms with Gasteiger partial charge < -0.3 is 0 Å². The van der Waals surface area contributed by atoms with E-state index < -0.39 is 0 Å².